The fourth-order valence-electron chi connectivity index (χ4n) is 2.73. The van der Waals surface area contributed by atoms with E-state index in [9.17, 15) is 14.0 Å². The zero-order chi connectivity index (χ0) is 20.1. The van der Waals surface area contributed by atoms with Crippen LogP contribution in [0.4, 0.5) is 10.1 Å². The molecule has 3 rings (SSSR count). The van der Waals surface area contributed by atoms with Gasteiger partial charge in [0.15, 0.2) is 11.6 Å². The lowest BCUT2D eigenvalue weighted by Crippen LogP contribution is -2.31. The fraction of sp³-hybridized carbons (Fsp3) is 0.263. The van der Waals surface area contributed by atoms with E-state index in [1.165, 1.54) is 30.4 Å². The van der Waals surface area contributed by atoms with E-state index in [1.807, 2.05) is 0 Å². The molecule has 0 bridgehead atoms. The van der Waals surface area contributed by atoms with Crippen molar-refractivity contribution < 1.29 is 33.0 Å². The number of ether oxygens (including phenoxy) is 2. The Kier molecular flexibility index (Phi) is 5.95. The first-order valence-electron chi connectivity index (χ1n) is 8.47. The molecule has 2 N–H and O–H groups in total. The third-order valence-electron chi connectivity index (χ3n) is 4.10. The highest BCUT2D eigenvalue weighted by Crippen LogP contribution is 2.26. The van der Waals surface area contributed by atoms with Crippen molar-refractivity contribution in [2.75, 3.05) is 32.1 Å². The van der Waals surface area contributed by atoms with Crippen LogP contribution in [0.5, 0.6) is 5.75 Å². The molecule has 0 atom stereocenters. The third-order valence-corrected chi connectivity index (χ3v) is 4.10. The second-order valence-corrected chi connectivity index (χ2v) is 5.93. The zero-order valence-corrected chi connectivity index (χ0v) is 15.1. The average Bonchev–Trinajstić information content (AvgIpc) is 3.31. The molecule has 1 aliphatic heterocycles. The van der Waals surface area contributed by atoms with Crippen LogP contribution in [0.15, 0.2) is 52.3 Å². The van der Waals surface area contributed by atoms with Gasteiger partial charge in [-0.05, 0) is 24.3 Å². The van der Waals surface area contributed by atoms with Gasteiger partial charge in [-0.3, -0.25) is 4.79 Å². The first-order valence-corrected chi connectivity index (χ1v) is 8.47. The molecule has 1 aliphatic rings. The van der Waals surface area contributed by atoms with Gasteiger partial charge in [0.2, 0.25) is 0 Å². The largest absolute Gasteiger partial charge is 0.483 e. The lowest BCUT2D eigenvalue weighted by atomic mass is 10.2. The molecular formula is C19H19FN2O6. The maximum absolute atomic E-state index is 14.3. The number of benzene rings is 1. The predicted molar refractivity (Wildman–Crippen MR) is 95.8 cm³/mol. The molecule has 0 unspecified atom stereocenters. The maximum Gasteiger partial charge on any atom is 0.337 e. The van der Waals surface area contributed by atoms with Crippen molar-refractivity contribution in [3.8, 4) is 5.75 Å². The monoisotopic (exact) mass is 390 g/mol. The van der Waals surface area contributed by atoms with Crippen LogP contribution in [0, 0.1) is 5.82 Å². The lowest BCUT2D eigenvalue weighted by molar-refractivity contribution is -0.136. The molecule has 0 saturated heterocycles. The van der Waals surface area contributed by atoms with Crippen molar-refractivity contribution in [3.63, 3.8) is 0 Å². The molecule has 9 heteroatoms. The Morgan fingerprint density at radius 1 is 1.39 bits per heavy atom. The zero-order valence-electron chi connectivity index (χ0n) is 15.1. The number of esters is 1. The number of hydrogen-bond donors (Lipinski definition) is 2. The Balaban J connectivity index is 1.76. The number of halogens is 1. The molecule has 0 aliphatic carbocycles. The van der Waals surface area contributed by atoms with Gasteiger partial charge in [-0.2, -0.15) is 0 Å². The quantitative estimate of drug-likeness (QED) is 0.661. The van der Waals surface area contributed by atoms with E-state index in [-0.39, 0.29) is 49.0 Å². The first kappa shape index (κ1) is 19.4. The average molecular weight is 390 g/mol. The molecule has 0 radical (unpaired) electrons. The Hall–Kier alpha value is -3.33. The van der Waals surface area contributed by atoms with E-state index >= 15 is 0 Å². The second kappa shape index (κ2) is 8.57. The number of methoxy groups -OCH3 is 1. The van der Waals surface area contributed by atoms with Crippen molar-refractivity contribution in [3.05, 3.63) is 59.4 Å². The first-order chi connectivity index (χ1) is 13.5. The van der Waals surface area contributed by atoms with Gasteiger partial charge in [0.1, 0.15) is 18.1 Å². The normalized spacial score (nSPS) is 13.8. The number of carbonyl (C=O) groups excluding carboxylic acids is 2. The Labute approximate surface area is 160 Å². The molecule has 0 spiro atoms. The number of anilines is 1. The summed E-state index contributed by atoms with van der Waals surface area (Å²) in [5.74, 6) is -1.23. The van der Waals surface area contributed by atoms with Gasteiger partial charge >= 0.3 is 5.97 Å². The molecule has 0 saturated carbocycles. The summed E-state index contributed by atoms with van der Waals surface area (Å²) < 4.78 is 29.5. The number of β-amino-alcohol motifs (C(OH)–C–C–N with tert-alkyl or cyclic N) is 1. The molecule has 1 aromatic carbocycles. The van der Waals surface area contributed by atoms with Crippen LogP contribution < -0.4 is 10.1 Å². The van der Waals surface area contributed by atoms with Crippen LogP contribution >= 0.6 is 0 Å². The highest BCUT2D eigenvalue weighted by atomic mass is 19.1. The summed E-state index contributed by atoms with van der Waals surface area (Å²) in [6.07, 6.45) is 1.49. The minimum absolute atomic E-state index is 0.00121. The number of furan rings is 1. The molecule has 8 nitrogen and oxygen atoms in total. The van der Waals surface area contributed by atoms with E-state index in [4.69, 9.17) is 19.0 Å². The topological polar surface area (TPSA) is 101 Å². The summed E-state index contributed by atoms with van der Waals surface area (Å²) in [6, 6.07) is 7.49. The standard InChI is InChI=1S/C19H19FN2O6/c1-26-19(25)14-10-22(6-7-23)18(24)17(14)21-12-4-5-16(15(20)9-12)28-11-13-3-2-8-27-13/h2-5,8-9,21,23H,6-7,10-11H2,1H3. The Morgan fingerprint density at radius 3 is 2.86 bits per heavy atom. The van der Waals surface area contributed by atoms with Crippen LogP contribution in [-0.2, 0) is 20.9 Å². The number of nitrogens with one attached hydrogen (secondary N) is 1. The van der Waals surface area contributed by atoms with Crippen molar-refractivity contribution in [2.24, 2.45) is 0 Å². The van der Waals surface area contributed by atoms with Crippen LogP contribution in [0.2, 0.25) is 0 Å². The molecule has 0 fully saturated rings. The molecule has 1 amide bonds. The number of aliphatic hydroxyl groups is 1. The van der Waals surface area contributed by atoms with Gasteiger partial charge < -0.3 is 29.2 Å². The fourth-order valence-corrected chi connectivity index (χ4v) is 2.73. The van der Waals surface area contributed by atoms with Crippen molar-refractivity contribution in [1.82, 2.24) is 4.90 Å². The Bertz CT molecular complexity index is 894. The van der Waals surface area contributed by atoms with Gasteiger partial charge in [0.05, 0.1) is 32.1 Å². The minimum atomic E-state index is -0.671. The van der Waals surface area contributed by atoms with E-state index in [2.05, 4.69) is 5.32 Å². The van der Waals surface area contributed by atoms with Gasteiger partial charge in [-0.15, -0.1) is 0 Å². The molecule has 2 aromatic rings. The molecular weight excluding hydrogens is 371 g/mol. The number of amides is 1. The lowest BCUT2D eigenvalue weighted by Gasteiger charge is -2.15. The Morgan fingerprint density at radius 2 is 2.21 bits per heavy atom. The number of hydrogen-bond acceptors (Lipinski definition) is 7. The third kappa shape index (κ3) is 4.15. The van der Waals surface area contributed by atoms with Crippen LogP contribution in [0.1, 0.15) is 5.76 Å². The number of rotatable bonds is 8. The highest BCUT2D eigenvalue weighted by molar-refractivity contribution is 6.08. The van der Waals surface area contributed by atoms with Crippen molar-refractivity contribution in [1.29, 1.82) is 0 Å². The van der Waals surface area contributed by atoms with Crippen molar-refractivity contribution >= 4 is 17.6 Å². The number of carbonyl (C=O) groups is 2. The molecule has 28 heavy (non-hydrogen) atoms. The van der Waals surface area contributed by atoms with Crippen LogP contribution in [0.25, 0.3) is 0 Å². The van der Waals surface area contributed by atoms with Crippen LogP contribution in [-0.4, -0.2) is 48.7 Å². The predicted octanol–water partition coefficient (Wildman–Crippen LogP) is 1.67. The number of nitrogens with zero attached hydrogens (tertiary/aromatic N) is 1. The van der Waals surface area contributed by atoms with E-state index < -0.39 is 17.7 Å². The summed E-state index contributed by atoms with van der Waals surface area (Å²) in [7, 11) is 1.21. The van der Waals surface area contributed by atoms with Crippen molar-refractivity contribution in [2.45, 2.75) is 6.61 Å². The summed E-state index contributed by atoms with van der Waals surface area (Å²) in [5.41, 5.74) is 0.363. The van der Waals surface area contributed by atoms with Gasteiger partial charge in [0, 0.05) is 18.3 Å². The summed E-state index contributed by atoms with van der Waals surface area (Å²) in [4.78, 5) is 25.7. The molecule has 148 valence electrons. The van der Waals surface area contributed by atoms with Gasteiger partial charge in [-0.25, -0.2) is 9.18 Å². The summed E-state index contributed by atoms with van der Waals surface area (Å²) in [6.45, 7) is -0.105. The maximum atomic E-state index is 14.3. The summed E-state index contributed by atoms with van der Waals surface area (Å²) in [5, 5.41) is 11.8. The summed E-state index contributed by atoms with van der Waals surface area (Å²) >= 11 is 0. The van der Waals surface area contributed by atoms with E-state index in [0.717, 1.165) is 6.07 Å². The van der Waals surface area contributed by atoms with Crippen LogP contribution in [0.3, 0.4) is 0 Å². The molecule has 2 heterocycles. The van der Waals surface area contributed by atoms with Gasteiger partial charge in [-0.1, -0.05) is 0 Å². The molecule has 1 aromatic heterocycles. The SMILES string of the molecule is COC(=O)C1=C(Nc2ccc(OCc3ccco3)c(F)c2)C(=O)N(CCO)C1. The van der Waals surface area contributed by atoms with E-state index in [1.54, 1.807) is 12.1 Å². The minimum Gasteiger partial charge on any atom is -0.483 e. The highest BCUT2D eigenvalue weighted by Gasteiger charge is 2.34. The van der Waals surface area contributed by atoms with Gasteiger partial charge in [0.25, 0.3) is 5.91 Å². The smallest absolute Gasteiger partial charge is 0.337 e. The second-order valence-electron chi connectivity index (χ2n) is 5.93. The number of aliphatic hydroxyl groups excluding tert-OH is 1. The van der Waals surface area contributed by atoms with E-state index in [0.29, 0.717) is 5.76 Å².